The molecule has 0 bridgehead atoms. The number of nitrogens with zero attached hydrogens (tertiary/aromatic N) is 2. The number of hydrogen-bond donors (Lipinski definition) is 0. The SMILES string of the molecule is Cc1ccc(-n2c3c(c(SCc4ccccc4Cl)nc2=O)CCC3)cc1. The van der Waals surface area contributed by atoms with Gasteiger partial charge in [-0.2, -0.15) is 4.98 Å². The van der Waals surface area contributed by atoms with Crippen molar-refractivity contribution in [1.82, 2.24) is 9.55 Å². The molecule has 26 heavy (non-hydrogen) atoms. The van der Waals surface area contributed by atoms with Crippen LogP contribution in [-0.4, -0.2) is 9.55 Å². The van der Waals surface area contributed by atoms with E-state index in [2.05, 4.69) is 4.98 Å². The summed E-state index contributed by atoms with van der Waals surface area (Å²) >= 11 is 7.86. The van der Waals surface area contributed by atoms with Crippen molar-refractivity contribution in [3.05, 3.63) is 86.4 Å². The van der Waals surface area contributed by atoms with E-state index in [9.17, 15) is 4.79 Å². The maximum atomic E-state index is 12.8. The first kappa shape index (κ1) is 17.4. The van der Waals surface area contributed by atoms with Crippen LogP contribution in [0.3, 0.4) is 0 Å². The quantitative estimate of drug-likeness (QED) is 0.471. The summed E-state index contributed by atoms with van der Waals surface area (Å²) in [6.07, 6.45) is 2.95. The molecule has 3 aromatic rings. The molecule has 3 nitrogen and oxygen atoms in total. The highest BCUT2D eigenvalue weighted by atomic mass is 35.5. The Bertz CT molecular complexity index is 1010. The van der Waals surface area contributed by atoms with Gasteiger partial charge in [0.25, 0.3) is 0 Å². The Morgan fingerprint density at radius 2 is 1.88 bits per heavy atom. The van der Waals surface area contributed by atoms with E-state index in [-0.39, 0.29) is 5.69 Å². The second kappa shape index (κ2) is 7.29. The van der Waals surface area contributed by atoms with E-state index in [1.165, 1.54) is 11.1 Å². The summed E-state index contributed by atoms with van der Waals surface area (Å²) in [4.78, 5) is 17.2. The number of fused-ring (bicyclic) bond motifs is 1. The summed E-state index contributed by atoms with van der Waals surface area (Å²) in [5.74, 6) is 0.715. The highest BCUT2D eigenvalue weighted by Crippen LogP contribution is 2.33. The number of aromatic nitrogens is 2. The first-order valence-corrected chi connectivity index (χ1v) is 10.1. The van der Waals surface area contributed by atoms with Gasteiger partial charge in [0.1, 0.15) is 5.03 Å². The van der Waals surface area contributed by atoms with Crippen LogP contribution < -0.4 is 5.69 Å². The molecule has 0 unspecified atom stereocenters. The molecule has 0 N–H and O–H groups in total. The summed E-state index contributed by atoms with van der Waals surface area (Å²) < 4.78 is 1.78. The summed E-state index contributed by atoms with van der Waals surface area (Å²) in [6.45, 7) is 2.05. The second-order valence-corrected chi connectivity index (χ2v) is 7.90. The number of aryl methyl sites for hydroxylation is 1. The van der Waals surface area contributed by atoms with E-state index in [0.717, 1.165) is 46.3 Å². The maximum absolute atomic E-state index is 12.8. The molecule has 0 saturated heterocycles. The Morgan fingerprint density at radius 1 is 1.12 bits per heavy atom. The number of thioether (sulfide) groups is 1. The molecule has 0 atom stereocenters. The Morgan fingerprint density at radius 3 is 2.65 bits per heavy atom. The lowest BCUT2D eigenvalue weighted by Crippen LogP contribution is -2.25. The van der Waals surface area contributed by atoms with E-state index in [0.29, 0.717) is 5.75 Å². The molecule has 1 aliphatic carbocycles. The fraction of sp³-hybridized carbons (Fsp3) is 0.238. The minimum absolute atomic E-state index is 0.198. The average Bonchev–Trinajstić information content (AvgIpc) is 3.11. The van der Waals surface area contributed by atoms with Crippen LogP contribution in [0.25, 0.3) is 5.69 Å². The fourth-order valence-corrected chi connectivity index (χ4v) is 4.73. The lowest BCUT2D eigenvalue weighted by atomic mass is 10.2. The van der Waals surface area contributed by atoms with Crippen LogP contribution in [0, 0.1) is 6.92 Å². The van der Waals surface area contributed by atoms with Gasteiger partial charge in [0.05, 0.1) is 5.69 Å². The van der Waals surface area contributed by atoms with Gasteiger partial charge in [-0.1, -0.05) is 47.5 Å². The molecule has 0 amide bonds. The number of halogens is 1. The Labute approximate surface area is 162 Å². The molecule has 0 aliphatic heterocycles. The standard InChI is InChI=1S/C21H19ClN2OS/c1-14-9-11-16(12-10-14)24-19-8-4-6-17(19)20(23-21(24)25)26-13-15-5-2-3-7-18(15)22/h2-3,5,7,9-12H,4,6,8,13H2,1H3. The van der Waals surface area contributed by atoms with Crippen molar-refractivity contribution in [3.8, 4) is 5.69 Å². The molecule has 2 aromatic carbocycles. The summed E-state index contributed by atoms with van der Waals surface area (Å²) in [7, 11) is 0. The van der Waals surface area contributed by atoms with Crippen LogP contribution >= 0.6 is 23.4 Å². The Kier molecular flexibility index (Phi) is 4.88. The van der Waals surface area contributed by atoms with Gasteiger partial charge in [-0.15, -0.1) is 11.8 Å². The van der Waals surface area contributed by atoms with Gasteiger partial charge in [-0.3, -0.25) is 4.57 Å². The Balaban J connectivity index is 1.71. The molecule has 5 heteroatoms. The van der Waals surface area contributed by atoms with Crippen molar-refractivity contribution in [2.24, 2.45) is 0 Å². The number of rotatable bonds is 4. The molecule has 4 rings (SSSR count). The van der Waals surface area contributed by atoms with Gasteiger partial charge >= 0.3 is 5.69 Å². The third kappa shape index (κ3) is 3.31. The van der Waals surface area contributed by atoms with Gasteiger partial charge in [0, 0.05) is 22.0 Å². The van der Waals surface area contributed by atoms with Crippen molar-refractivity contribution in [2.75, 3.05) is 0 Å². The normalized spacial score (nSPS) is 13.0. The summed E-state index contributed by atoms with van der Waals surface area (Å²) in [5, 5.41) is 1.61. The molecule has 1 aliphatic rings. The third-order valence-electron chi connectivity index (χ3n) is 4.72. The zero-order chi connectivity index (χ0) is 18.1. The van der Waals surface area contributed by atoms with Crippen molar-refractivity contribution >= 4 is 23.4 Å². The smallest absolute Gasteiger partial charge is 0.265 e. The van der Waals surface area contributed by atoms with Crippen molar-refractivity contribution < 1.29 is 0 Å². The lowest BCUT2D eigenvalue weighted by Gasteiger charge is -2.14. The monoisotopic (exact) mass is 382 g/mol. The molecular weight excluding hydrogens is 364 g/mol. The van der Waals surface area contributed by atoms with E-state index in [4.69, 9.17) is 11.6 Å². The number of benzene rings is 2. The molecular formula is C21H19ClN2OS. The van der Waals surface area contributed by atoms with E-state index in [1.54, 1.807) is 16.3 Å². The molecule has 0 radical (unpaired) electrons. The zero-order valence-electron chi connectivity index (χ0n) is 14.5. The van der Waals surface area contributed by atoms with Crippen molar-refractivity contribution in [2.45, 2.75) is 37.0 Å². The van der Waals surface area contributed by atoms with Gasteiger partial charge in [0.15, 0.2) is 0 Å². The second-order valence-electron chi connectivity index (χ2n) is 6.53. The van der Waals surface area contributed by atoms with Crippen LogP contribution in [0.4, 0.5) is 0 Å². The highest BCUT2D eigenvalue weighted by molar-refractivity contribution is 7.98. The van der Waals surface area contributed by atoms with Gasteiger partial charge in [-0.25, -0.2) is 4.79 Å². The van der Waals surface area contributed by atoms with Crippen molar-refractivity contribution in [3.63, 3.8) is 0 Å². The minimum atomic E-state index is -0.198. The Hall–Kier alpha value is -2.04. The van der Waals surface area contributed by atoms with Gasteiger partial charge < -0.3 is 0 Å². The van der Waals surface area contributed by atoms with Crippen LogP contribution in [0.1, 0.15) is 28.8 Å². The fourth-order valence-electron chi connectivity index (χ4n) is 3.37. The number of hydrogen-bond acceptors (Lipinski definition) is 3. The van der Waals surface area contributed by atoms with E-state index in [1.807, 2.05) is 55.5 Å². The maximum Gasteiger partial charge on any atom is 0.353 e. The topological polar surface area (TPSA) is 34.9 Å². The predicted molar refractivity (Wildman–Crippen MR) is 108 cm³/mol. The average molecular weight is 383 g/mol. The molecule has 0 saturated carbocycles. The van der Waals surface area contributed by atoms with Crippen molar-refractivity contribution in [1.29, 1.82) is 0 Å². The molecule has 0 fully saturated rings. The van der Waals surface area contributed by atoms with E-state index >= 15 is 0 Å². The predicted octanol–water partition coefficient (Wildman–Crippen LogP) is 4.98. The summed E-state index contributed by atoms with van der Waals surface area (Å²) in [5.41, 5.74) is 5.26. The summed E-state index contributed by atoms with van der Waals surface area (Å²) in [6, 6.07) is 15.9. The van der Waals surface area contributed by atoms with Crippen LogP contribution in [0.15, 0.2) is 58.4 Å². The van der Waals surface area contributed by atoms with Crippen LogP contribution in [-0.2, 0) is 18.6 Å². The largest absolute Gasteiger partial charge is 0.353 e. The van der Waals surface area contributed by atoms with Gasteiger partial charge in [-0.05, 0) is 49.9 Å². The van der Waals surface area contributed by atoms with Crippen LogP contribution in [0.2, 0.25) is 5.02 Å². The lowest BCUT2D eigenvalue weighted by molar-refractivity contribution is 0.802. The molecule has 1 heterocycles. The van der Waals surface area contributed by atoms with Crippen LogP contribution in [0.5, 0.6) is 0 Å². The van der Waals surface area contributed by atoms with E-state index < -0.39 is 0 Å². The zero-order valence-corrected chi connectivity index (χ0v) is 16.1. The minimum Gasteiger partial charge on any atom is -0.265 e. The molecule has 132 valence electrons. The third-order valence-corrected chi connectivity index (χ3v) is 6.15. The first-order chi connectivity index (χ1) is 12.6. The molecule has 1 aromatic heterocycles. The highest BCUT2D eigenvalue weighted by Gasteiger charge is 2.22. The first-order valence-electron chi connectivity index (χ1n) is 8.71. The van der Waals surface area contributed by atoms with Gasteiger partial charge in [0.2, 0.25) is 0 Å². The molecule has 0 spiro atoms.